The summed E-state index contributed by atoms with van der Waals surface area (Å²) in [5.41, 5.74) is 0. The molecule has 0 saturated heterocycles. The number of carbonyl (C=O) groups is 2. The lowest BCUT2D eigenvalue weighted by molar-refractivity contribution is -0.141. The summed E-state index contributed by atoms with van der Waals surface area (Å²) in [6, 6.07) is 0. The number of esters is 2. The van der Waals surface area contributed by atoms with E-state index in [1.807, 2.05) is 0 Å². The third kappa shape index (κ3) is 6.71. The molecule has 0 saturated carbocycles. The van der Waals surface area contributed by atoms with E-state index < -0.39 is 0 Å². The van der Waals surface area contributed by atoms with Crippen LogP contribution in [0, 0.1) is 0 Å². The summed E-state index contributed by atoms with van der Waals surface area (Å²) in [5, 5.41) is -0.158. The van der Waals surface area contributed by atoms with E-state index in [0.717, 1.165) is 19.3 Å². The van der Waals surface area contributed by atoms with Crippen molar-refractivity contribution in [2.75, 3.05) is 20.0 Å². The second-order valence-electron chi connectivity index (χ2n) is 3.35. The summed E-state index contributed by atoms with van der Waals surface area (Å²) < 4.78 is 9.25. The third-order valence-corrected chi connectivity index (χ3v) is 3.41. The van der Waals surface area contributed by atoms with Crippen molar-refractivity contribution in [3.8, 4) is 0 Å². The fourth-order valence-electron chi connectivity index (χ4n) is 1.18. The van der Waals surface area contributed by atoms with Gasteiger partial charge < -0.3 is 9.47 Å². The van der Waals surface area contributed by atoms with E-state index in [1.54, 1.807) is 0 Å². The molecule has 1 atom stereocenters. The van der Waals surface area contributed by atoms with Crippen LogP contribution in [0.5, 0.6) is 0 Å². The first-order valence-corrected chi connectivity index (χ1v) is 6.46. The zero-order valence-electron chi connectivity index (χ0n) is 10.2. The Kier molecular flexibility index (Phi) is 9.09. The summed E-state index contributed by atoms with van der Waals surface area (Å²) >= 11 is 1.46. The maximum absolute atomic E-state index is 11.4. The minimum absolute atomic E-state index is 0.158. The Labute approximate surface area is 101 Å². The van der Waals surface area contributed by atoms with Gasteiger partial charge in [0, 0.05) is 5.75 Å². The Morgan fingerprint density at radius 2 is 1.94 bits per heavy atom. The lowest BCUT2D eigenvalue weighted by atomic mass is 10.2. The first-order chi connectivity index (χ1) is 7.65. The highest BCUT2D eigenvalue weighted by atomic mass is 32.2. The molecule has 1 unspecified atom stereocenters. The van der Waals surface area contributed by atoms with E-state index >= 15 is 0 Å². The molecular weight excluding hydrogens is 228 g/mol. The van der Waals surface area contributed by atoms with Gasteiger partial charge in [-0.3, -0.25) is 9.59 Å². The van der Waals surface area contributed by atoms with E-state index in [2.05, 4.69) is 11.7 Å². The number of carbonyl (C=O) groups excluding carboxylic acids is 2. The van der Waals surface area contributed by atoms with Crippen molar-refractivity contribution in [3.05, 3.63) is 0 Å². The van der Waals surface area contributed by atoms with E-state index in [4.69, 9.17) is 4.74 Å². The van der Waals surface area contributed by atoms with Crippen LogP contribution in [0.3, 0.4) is 0 Å². The highest BCUT2D eigenvalue weighted by Crippen LogP contribution is 2.19. The summed E-state index contributed by atoms with van der Waals surface area (Å²) in [7, 11) is 2.75. The van der Waals surface area contributed by atoms with Crippen molar-refractivity contribution in [1.82, 2.24) is 0 Å². The molecule has 0 aliphatic carbocycles. The second kappa shape index (κ2) is 9.51. The van der Waals surface area contributed by atoms with E-state index in [9.17, 15) is 9.59 Å². The van der Waals surface area contributed by atoms with E-state index in [1.165, 1.54) is 26.0 Å². The molecule has 4 nitrogen and oxygen atoms in total. The van der Waals surface area contributed by atoms with Gasteiger partial charge in [-0.1, -0.05) is 19.8 Å². The smallest absolute Gasteiger partial charge is 0.318 e. The van der Waals surface area contributed by atoms with Crippen molar-refractivity contribution in [3.63, 3.8) is 0 Å². The molecule has 0 aromatic carbocycles. The zero-order chi connectivity index (χ0) is 12.4. The Bertz CT molecular complexity index is 218. The minimum Gasteiger partial charge on any atom is -0.469 e. The molecule has 16 heavy (non-hydrogen) atoms. The SMILES string of the molecule is CCCCC(SCCC(=O)OC)C(=O)OC. The Balaban J connectivity index is 3.91. The predicted octanol–water partition coefficient (Wildman–Crippen LogP) is 2.01. The summed E-state index contributed by atoms with van der Waals surface area (Å²) in [4.78, 5) is 22.3. The zero-order valence-corrected chi connectivity index (χ0v) is 11.0. The number of unbranched alkanes of at least 4 members (excludes halogenated alkanes) is 1. The molecule has 0 heterocycles. The molecule has 0 fully saturated rings. The summed E-state index contributed by atoms with van der Waals surface area (Å²) in [6.07, 6.45) is 3.17. The number of hydrogen-bond acceptors (Lipinski definition) is 5. The molecule has 0 aliphatic rings. The van der Waals surface area contributed by atoms with Crippen LogP contribution in [0.4, 0.5) is 0 Å². The van der Waals surface area contributed by atoms with Crippen molar-refractivity contribution in [2.24, 2.45) is 0 Å². The molecule has 0 amide bonds. The van der Waals surface area contributed by atoms with Gasteiger partial charge in [-0.2, -0.15) is 0 Å². The van der Waals surface area contributed by atoms with E-state index in [0.29, 0.717) is 12.2 Å². The maximum Gasteiger partial charge on any atom is 0.318 e. The number of hydrogen-bond donors (Lipinski definition) is 0. The van der Waals surface area contributed by atoms with Gasteiger partial charge in [-0.15, -0.1) is 11.8 Å². The lowest BCUT2D eigenvalue weighted by Gasteiger charge is -2.13. The van der Waals surface area contributed by atoms with Gasteiger partial charge in [-0.05, 0) is 6.42 Å². The van der Waals surface area contributed by atoms with Gasteiger partial charge in [-0.25, -0.2) is 0 Å². The molecule has 0 N–H and O–H groups in total. The van der Waals surface area contributed by atoms with Gasteiger partial charge in [0.2, 0.25) is 0 Å². The van der Waals surface area contributed by atoms with Crippen molar-refractivity contribution in [1.29, 1.82) is 0 Å². The molecule has 0 rings (SSSR count). The second-order valence-corrected chi connectivity index (χ2v) is 4.66. The van der Waals surface area contributed by atoms with Crippen LogP contribution in [0.2, 0.25) is 0 Å². The van der Waals surface area contributed by atoms with Gasteiger partial charge in [0.1, 0.15) is 5.25 Å². The average molecular weight is 248 g/mol. The first-order valence-electron chi connectivity index (χ1n) is 5.41. The standard InChI is InChI=1S/C11H20O4S/c1-4-5-6-9(11(13)15-3)16-8-7-10(12)14-2/h9H,4-8H2,1-3H3. The Hall–Kier alpha value is -0.710. The molecule has 0 radical (unpaired) electrons. The molecule has 94 valence electrons. The number of rotatable bonds is 8. The molecule has 0 aliphatic heterocycles. The quantitative estimate of drug-likeness (QED) is 0.615. The van der Waals surface area contributed by atoms with Gasteiger partial charge in [0.05, 0.1) is 20.6 Å². The maximum atomic E-state index is 11.4. The lowest BCUT2D eigenvalue weighted by Crippen LogP contribution is -2.19. The van der Waals surface area contributed by atoms with Crippen LogP contribution >= 0.6 is 11.8 Å². The van der Waals surface area contributed by atoms with Crippen molar-refractivity contribution in [2.45, 2.75) is 37.9 Å². The largest absolute Gasteiger partial charge is 0.469 e. The molecule has 0 aromatic heterocycles. The first kappa shape index (κ1) is 15.3. The molecule has 0 spiro atoms. The Morgan fingerprint density at radius 1 is 1.25 bits per heavy atom. The summed E-state index contributed by atoms with van der Waals surface area (Å²) in [5.74, 6) is 0.144. The number of thioether (sulfide) groups is 1. The predicted molar refractivity (Wildman–Crippen MR) is 64.4 cm³/mol. The monoisotopic (exact) mass is 248 g/mol. The van der Waals surface area contributed by atoms with E-state index in [-0.39, 0.29) is 17.2 Å². The molecule has 5 heteroatoms. The van der Waals surface area contributed by atoms with Crippen LogP contribution in [-0.4, -0.2) is 37.2 Å². The number of ether oxygens (including phenoxy) is 2. The van der Waals surface area contributed by atoms with Gasteiger partial charge in [0.15, 0.2) is 0 Å². The summed E-state index contributed by atoms with van der Waals surface area (Å²) in [6.45, 7) is 2.08. The molecular formula is C11H20O4S. The van der Waals surface area contributed by atoms with Crippen LogP contribution in [-0.2, 0) is 19.1 Å². The Morgan fingerprint density at radius 3 is 2.44 bits per heavy atom. The minimum atomic E-state index is -0.244. The van der Waals surface area contributed by atoms with Crippen molar-refractivity contribution >= 4 is 23.7 Å². The average Bonchev–Trinajstić information content (AvgIpc) is 2.32. The van der Waals surface area contributed by atoms with Crippen LogP contribution in [0.25, 0.3) is 0 Å². The fourth-order valence-corrected chi connectivity index (χ4v) is 2.31. The fraction of sp³-hybridized carbons (Fsp3) is 0.818. The van der Waals surface area contributed by atoms with Crippen LogP contribution in [0.15, 0.2) is 0 Å². The highest BCUT2D eigenvalue weighted by Gasteiger charge is 2.19. The number of methoxy groups -OCH3 is 2. The van der Waals surface area contributed by atoms with Crippen LogP contribution in [0.1, 0.15) is 32.6 Å². The highest BCUT2D eigenvalue weighted by molar-refractivity contribution is 8.00. The normalized spacial score (nSPS) is 11.9. The van der Waals surface area contributed by atoms with Crippen molar-refractivity contribution < 1.29 is 19.1 Å². The van der Waals surface area contributed by atoms with Crippen LogP contribution < -0.4 is 0 Å². The third-order valence-electron chi connectivity index (χ3n) is 2.14. The topological polar surface area (TPSA) is 52.6 Å². The van der Waals surface area contributed by atoms with Gasteiger partial charge in [0.25, 0.3) is 0 Å². The van der Waals surface area contributed by atoms with Gasteiger partial charge >= 0.3 is 11.9 Å². The molecule has 0 bridgehead atoms. The molecule has 0 aromatic rings.